The van der Waals surface area contributed by atoms with Crippen molar-refractivity contribution in [3.05, 3.63) is 0 Å². The fourth-order valence-corrected chi connectivity index (χ4v) is 2.41. The zero-order valence-corrected chi connectivity index (χ0v) is 11.7. The lowest BCUT2D eigenvalue weighted by molar-refractivity contribution is 0.107. The molecule has 2 unspecified atom stereocenters. The van der Waals surface area contributed by atoms with Gasteiger partial charge in [0, 0.05) is 38.3 Å². The second kappa shape index (κ2) is 6.84. The molecule has 1 fully saturated rings. The predicted molar refractivity (Wildman–Crippen MR) is 71.2 cm³/mol. The molecule has 0 aromatic heterocycles. The Morgan fingerprint density at radius 1 is 1.24 bits per heavy atom. The third kappa shape index (κ3) is 3.35. The number of hydrogen-bond donors (Lipinski definition) is 1. The highest BCUT2D eigenvalue weighted by Gasteiger charge is 2.31. The minimum absolute atomic E-state index is 0.210. The van der Waals surface area contributed by atoms with Crippen LogP contribution in [0.25, 0.3) is 0 Å². The predicted octanol–water partition coefficient (Wildman–Crippen LogP) is 1.91. The number of hydrogen-bond acceptors (Lipinski definition) is 2. The third-order valence-corrected chi connectivity index (χ3v) is 3.74. The molecule has 1 aliphatic rings. The Morgan fingerprint density at radius 3 is 2.35 bits per heavy atom. The molecular weight excluding hydrogens is 214 g/mol. The van der Waals surface area contributed by atoms with Crippen LogP contribution in [0.2, 0.25) is 0 Å². The van der Waals surface area contributed by atoms with Gasteiger partial charge in [-0.05, 0) is 26.7 Å². The number of piperazine rings is 1. The molecule has 0 spiro atoms. The summed E-state index contributed by atoms with van der Waals surface area (Å²) in [4.78, 5) is 16.4. The summed E-state index contributed by atoms with van der Waals surface area (Å²) in [5, 5.41) is 3.52. The van der Waals surface area contributed by atoms with Gasteiger partial charge in [-0.25, -0.2) is 4.79 Å². The van der Waals surface area contributed by atoms with Crippen LogP contribution in [0, 0.1) is 0 Å². The first-order chi connectivity index (χ1) is 8.17. The molecule has 1 saturated heterocycles. The van der Waals surface area contributed by atoms with Crippen LogP contribution in [0.3, 0.4) is 0 Å². The molecular formula is C13H27N3O. The fraction of sp³-hybridized carbons (Fsp3) is 0.923. The molecule has 0 saturated carbocycles. The van der Waals surface area contributed by atoms with Gasteiger partial charge in [0.25, 0.3) is 0 Å². The second-order valence-corrected chi connectivity index (χ2v) is 4.68. The van der Waals surface area contributed by atoms with Gasteiger partial charge in [-0.2, -0.15) is 0 Å². The van der Waals surface area contributed by atoms with Crippen molar-refractivity contribution in [1.29, 1.82) is 0 Å². The summed E-state index contributed by atoms with van der Waals surface area (Å²) in [6, 6.07) is 1.02. The van der Waals surface area contributed by atoms with Crippen LogP contribution in [0.1, 0.15) is 40.5 Å². The van der Waals surface area contributed by atoms with E-state index in [-0.39, 0.29) is 6.03 Å². The molecule has 0 aliphatic carbocycles. The Morgan fingerprint density at radius 2 is 1.88 bits per heavy atom. The average Bonchev–Trinajstić information content (AvgIpc) is 2.39. The first kappa shape index (κ1) is 14.3. The van der Waals surface area contributed by atoms with Crippen LogP contribution in [0.15, 0.2) is 0 Å². The first-order valence-electron chi connectivity index (χ1n) is 6.96. The number of carbonyl (C=O) groups excluding carboxylic acids is 1. The summed E-state index contributed by atoms with van der Waals surface area (Å²) in [5.41, 5.74) is 0. The van der Waals surface area contributed by atoms with Gasteiger partial charge in [0.15, 0.2) is 0 Å². The number of rotatable bonds is 4. The highest BCUT2D eigenvalue weighted by Crippen LogP contribution is 2.14. The number of nitrogens with zero attached hydrogens (tertiary/aromatic N) is 2. The van der Waals surface area contributed by atoms with Crippen molar-refractivity contribution in [2.75, 3.05) is 26.2 Å². The largest absolute Gasteiger partial charge is 0.325 e. The number of urea groups is 1. The Hall–Kier alpha value is -0.770. The van der Waals surface area contributed by atoms with Crippen molar-refractivity contribution < 1.29 is 4.79 Å². The van der Waals surface area contributed by atoms with E-state index in [0.717, 1.165) is 39.0 Å². The molecule has 2 amide bonds. The van der Waals surface area contributed by atoms with Crippen LogP contribution in [0.4, 0.5) is 4.79 Å². The van der Waals surface area contributed by atoms with E-state index in [0.29, 0.717) is 12.1 Å². The molecule has 17 heavy (non-hydrogen) atoms. The normalized spacial score (nSPS) is 24.8. The molecule has 1 heterocycles. The maximum absolute atomic E-state index is 12.4. The molecule has 4 heteroatoms. The van der Waals surface area contributed by atoms with E-state index in [4.69, 9.17) is 0 Å². The first-order valence-corrected chi connectivity index (χ1v) is 6.96. The van der Waals surface area contributed by atoms with E-state index in [1.54, 1.807) is 0 Å². The summed E-state index contributed by atoms with van der Waals surface area (Å²) in [6.45, 7) is 11.8. The van der Waals surface area contributed by atoms with Crippen molar-refractivity contribution in [2.24, 2.45) is 0 Å². The summed E-state index contributed by atoms with van der Waals surface area (Å²) >= 11 is 0. The van der Waals surface area contributed by atoms with E-state index in [9.17, 15) is 4.79 Å². The molecule has 0 aromatic rings. The lowest BCUT2D eigenvalue weighted by Crippen LogP contribution is -2.60. The van der Waals surface area contributed by atoms with E-state index in [1.165, 1.54) is 0 Å². The highest BCUT2D eigenvalue weighted by molar-refractivity contribution is 5.75. The molecule has 0 radical (unpaired) electrons. The van der Waals surface area contributed by atoms with Crippen molar-refractivity contribution in [3.8, 4) is 0 Å². The van der Waals surface area contributed by atoms with Gasteiger partial charge in [-0.15, -0.1) is 0 Å². The molecule has 2 atom stereocenters. The minimum atomic E-state index is 0.210. The Labute approximate surface area is 105 Å². The summed E-state index contributed by atoms with van der Waals surface area (Å²) in [6.07, 6.45) is 2.11. The molecule has 1 rings (SSSR count). The van der Waals surface area contributed by atoms with Crippen LogP contribution < -0.4 is 5.32 Å². The van der Waals surface area contributed by atoms with E-state index in [1.807, 2.05) is 18.7 Å². The molecule has 0 bridgehead atoms. The fourth-order valence-electron chi connectivity index (χ4n) is 2.41. The molecule has 1 aliphatic heterocycles. The zero-order valence-electron chi connectivity index (χ0n) is 11.7. The summed E-state index contributed by atoms with van der Waals surface area (Å²) < 4.78 is 0. The monoisotopic (exact) mass is 241 g/mol. The lowest BCUT2D eigenvalue weighted by atomic mass is 10.1. The van der Waals surface area contributed by atoms with E-state index in [2.05, 4.69) is 24.1 Å². The Balaban J connectivity index is 2.71. The maximum atomic E-state index is 12.4. The number of nitrogens with one attached hydrogen (secondary N) is 1. The lowest BCUT2D eigenvalue weighted by Gasteiger charge is -2.42. The van der Waals surface area contributed by atoms with Gasteiger partial charge < -0.3 is 15.1 Å². The van der Waals surface area contributed by atoms with Crippen LogP contribution in [-0.4, -0.2) is 54.1 Å². The molecule has 0 aromatic carbocycles. The van der Waals surface area contributed by atoms with E-state index < -0.39 is 0 Å². The summed E-state index contributed by atoms with van der Waals surface area (Å²) in [7, 11) is 0. The van der Waals surface area contributed by atoms with Gasteiger partial charge in [0.05, 0.1) is 0 Å². The van der Waals surface area contributed by atoms with Crippen LogP contribution in [0.5, 0.6) is 0 Å². The quantitative estimate of drug-likeness (QED) is 0.816. The van der Waals surface area contributed by atoms with Gasteiger partial charge in [-0.3, -0.25) is 0 Å². The smallest absolute Gasteiger partial charge is 0.320 e. The van der Waals surface area contributed by atoms with Crippen LogP contribution in [-0.2, 0) is 0 Å². The van der Waals surface area contributed by atoms with Gasteiger partial charge in [-0.1, -0.05) is 13.8 Å². The number of carbonyl (C=O) groups is 1. The molecule has 1 N–H and O–H groups in total. The van der Waals surface area contributed by atoms with Crippen molar-refractivity contribution >= 4 is 6.03 Å². The number of amides is 2. The topological polar surface area (TPSA) is 35.6 Å². The van der Waals surface area contributed by atoms with Crippen molar-refractivity contribution in [1.82, 2.24) is 15.1 Å². The molecule has 4 nitrogen and oxygen atoms in total. The SMILES string of the molecule is CCC1CN(C(=O)N(CC)CC)C(CC)CN1. The Kier molecular flexibility index (Phi) is 5.75. The van der Waals surface area contributed by atoms with Gasteiger partial charge >= 0.3 is 6.03 Å². The minimum Gasteiger partial charge on any atom is -0.325 e. The second-order valence-electron chi connectivity index (χ2n) is 4.68. The molecule has 100 valence electrons. The standard InChI is InChI=1S/C13H27N3O/c1-5-11-10-16(12(6-2)9-14-11)13(17)15(7-3)8-4/h11-12,14H,5-10H2,1-4H3. The maximum Gasteiger partial charge on any atom is 0.320 e. The van der Waals surface area contributed by atoms with Crippen molar-refractivity contribution in [3.63, 3.8) is 0 Å². The summed E-state index contributed by atoms with van der Waals surface area (Å²) in [5.74, 6) is 0. The third-order valence-electron chi connectivity index (χ3n) is 3.74. The van der Waals surface area contributed by atoms with E-state index >= 15 is 0 Å². The zero-order chi connectivity index (χ0) is 12.8. The van der Waals surface area contributed by atoms with Gasteiger partial charge in [0.1, 0.15) is 0 Å². The highest BCUT2D eigenvalue weighted by atomic mass is 16.2. The Bertz CT molecular complexity index is 241. The van der Waals surface area contributed by atoms with Crippen molar-refractivity contribution in [2.45, 2.75) is 52.6 Å². The average molecular weight is 241 g/mol. The van der Waals surface area contributed by atoms with Gasteiger partial charge in [0.2, 0.25) is 0 Å². The van der Waals surface area contributed by atoms with Crippen LogP contribution >= 0.6 is 0 Å².